The first-order chi connectivity index (χ1) is 18.5. The molecule has 3 aromatic carbocycles. The second-order valence-electron chi connectivity index (χ2n) is 10.6. The van der Waals surface area contributed by atoms with Crippen LogP contribution < -0.4 is 0 Å². The first-order valence-electron chi connectivity index (χ1n) is 12.6. The Hall–Kier alpha value is -3.93. The van der Waals surface area contributed by atoms with E-state index in [0.29, 0.717) is 27.9 Å². The number of nitrogens with zero attached hydrogens (tertiary/aromatic N) is 2. The van der Waals surface area contributed by atoms with Crippen LogP contribution in [0.5, 0.6) is 0 Å². The number of fused-ring (bicyclic) bond motifs is 6. The van der Waals surface area contributed by atoms with Gasteiger partial charge in [0, 0.05) is 32.4 Å². The van der Waals surface area contributed by atoms with Crippen molar-refractivity contribution in [1.29, 1.82) is 0 Å². The Kier molecular flexibility index (Phi) is 8.20. The molecule has 0 saturated heterocycles. The second-order valence-corrected chi connectivity index (χ2v) is 10.6. The largest absolute Gasteiger partial charge is 0.512 e. The molecular formula is C33H28FIrN2O3-. The van der Waals surface area contributed by atoms with Crippen molar-refractivity contribution in [3.8, 4) is 11.3 Å². The van der Waals surface area contributed by atoms with Crippen LogP contribution in [0.2, 0.25) is 0 Å². The van der Waals surface area contributed by atoms with Crippen molar-refractivity contribution in [3.63, 3.8) is 0 Å². The molecule has 40 heavy (non-hydrogen) atoms. The van der Waals surface area contributed by atoms with Crippen LogP contribution in [0.4, 0.5) is 4.39 Å². The molecule has 0 bridgehead atoms. The first-order valence-corrected chi connectivity index (χ1v) is 12.6. The van der Waals surface area contributed by atoms with E-state index in [1.165, 1.54) is 26.0 Å². The van der Waals surface area contributed by atoms with Gasteiger partial charge in [-0.3, -0.25) is 9.78 Å². The Balaban J connectivity index is 0.000000413. The summed E-state index contributed by atoms with van der Waals surface area (Å²) in [6.45, 7) is 9.09. The van der Waals surface area contributed by atoms with Crippen molar-refractivity contribution in [2.75, 3.05) is 0 Å². The van der Waals surface area contributed by atoms with Gasteiger partial charge in [-0.05, 0) is 64.9 Å². The Morgan fingerprint density at radius 3 is 2.42 bits per heavy atom. The van der Waals surface area contributed by atoms with Gasteiger partial charge in [0.15, 0.2) is 11.4 Å². The smallest absolute Gasteiger partial charge is 0.155 e. The average molecular weight is 712 g/mol. The number of carbonyl (C=O) groups is 1. The van der Waals surface area contributed by atoms with Crippen molar-refractivity contribution in [3.05, 3.63) is 96.1 Å². The fourth-order valence-corrected chi connectivity index (χ4v) is 4.53. The SMILES string of the molecule is CC(=O)/C=C(/C)O.CC(C)(C)c1cnc2nc(-c3[c-]c4oc5ccc6ccccc6c5c4cc3)cc(F)c2c1.[Ir]. The van der Waals surface area contributed by atoms with Gasteiger partial charge >= 0.3 is 0 Å². The van der Waals surface area contributed by atoms with Crippen molar-refractivity contribution in [1.82, 2.24) is 9.97 Å². The van der Waals surface area contributed by atoms with Gasteiger partial charge in [-0.15, -0.1) is 17.7 Å². The van der Waals surface area contributed by atoms with Crippen molar-refractivity contribution < 1.29 is 38.8 Å². The third kappa shape index (κ3) is 5.81. The molecule has 7 heteroatoms. The van der Waals surface area contributed by atoms with Crippen LogP contribution in [0, 0.1) is 11.9 Å². The molecule has 6 rings (SSSR count). The van der Waals surface area contributed by atoms with E-state index in [4.69, 9.17) is 9.52 Å². The number of carbonyl (C=O) groups excluding carboxylic acids is 1. The molecule has 0 fully saturated rings. The number of allylic oxidation sites excluding steroid dienone is 2. The van der Waals surface area contributed by atoms with Gasteiger partial charge in [0.1, 0.15) is 11.4 Å². The van der Waals surface area contributed by atoms with E-state index in [9.17, 15) is 4.79 Å². The quantitative estimate of drug-likeness (QED) is 0.111. The summed E-state index contributed by atoms with van der Waals surface area (Å²) < 4.78 is 21.1. The van der Waals surface area contributed by atoms with Crippen LogP contribution in [-0.4, -0.2) is 20.9 Å². The van der Waals surface area contributed by atoms with Crippen molar-refractivity contribution >= 4 is 49.5 Å². The topological polar surface area (TPSA) is 76.2 Å². The van der Waals surface area contributed by atoms with E-state index < -0.39 is 0 Å². The number of aliphatic hydroxyl groups is 1. The fraction of sp³-hybridized carbons (Fsp3) is 0.182. The van der Waals surface area contributed by atoms with E-state index >= 15 is 4.39 Å². The molecule has 0 unspecified atom stereocenters. The molecule has 1 N–H and O–H groups in total. The number of halogens is 1. The van der Waals surface area contributed by atoms with E-state index in [1.54, 1.807) is 6.20 Å². The van der Waals surface area contributed by atoms with Gasteiger partial charge in [-0.25, -0.2) is 9.37 Å². The molecule has 3 heterocycles. The van der Waals surface area contributed by atoms with Gasteiger partial charge in [0.25, 0.3) is 0 Å². The summed E-state index contributed by atoms with van der Waals surface area (Å²) >= 11 is 0. The average Bonchev–Trinajstić information content (AvgIpc) is 3.26. The fourth-order valence-electron chi connectivity index (χ4n) is 4.53. The van der Waals surface area contributed by atoms with Gasteiger partial charge in [-0.1, -0.05) is 62.6 Å². The number of hydrogen-bond acceptors (Lipinski definition) is 5. The summed E-state index contributed by atoms with van der Waals surface area (Å²) in [5.41, 5.74) is 3.84. The van der Waals surface area contributed by atoms with E-state index in [1.807, 2.05) is 36.4 Å². The minimum Gasteiger partial charge on any atom is -0.512 e. The van der Waals surface area contributed by atoms with Gasteiger partial charge in [0.05, 0.1) is 16.7 Å². The van der Waals surface area contributed by atoms with Crippen LogP contribution in [0.15, 0.2) is 83.1 Å². The number of benzene rings is 3. The Morgan fingerprint density at radius 2 is 1.75 bits per heavy atom. The van der Waals surface area contributed by atoms with Gasteiger partial charge < -0.3 is 9.52 Å². The summed E-state index contributed by atoms with van der Waals surface area (Å²) in [6, 6.07) is 22.8. The summed E-state index contributed by atoms with van der Waals surface area (Å²) in [5, 5.41) is 13.1. The summed E-state index contributed by atoms with van der Waals surface area (Å²) in [7, 11) is 0. The molecule has 1 radical (unpaired) electrons. The summed E-state index contributed by atoms with van der Waals surface area (Å²) in [6.07, 6.45) is 2.94. The van der Waals surface area contributed by atoms with Crippen molar-refractivity contribution in [2.45, 2.75) is 40.0 Å². The monoisotopic (exact) mass is 712 g/mol. The van der Waals surface area contributed by atoms with Crippen LogP contribution >= 0.6 is 0 Å². The molecule has 3 aromatic heterocycles. The van der Waals surface area contributed by atoms with Crippen LogP contribution in [-0.2, 0) is 30.3 Å². The zero-order chi connectivity index (χ0) is 27.9. The minimum absolute atomic E-state index is 0. The molecule has 0 aliphatic rings. The number of aliphatic hydroxyl groups excluding tert-OH is 1. The first kappa shape index (κ1) is 29.1. The molecule has 0 atom stereocenters. The number of ketones is 1. The third-order valence-corrected chi connectivity index (χ3v) is 6.45. The maximum atomic E-state index is 15.0. The van der Waals surface area contributed by atoms with Crippen LogP contribution in [0.1, 0.15) is 40.2 Å². The van der Waals surface area contributed by atoms with Gasteiger partial charge in [0.2, 0.25) is 0 Å². The Morgan fingerprint density at radius 1 is 1.00 bits per heavy atom. The maximum Gasteiger partial charge on any atom is 0.155 e. The van der Waals surface area contributed by atoms with Crippen molar-refractivity contribution in [2.24, 2.45) is 0 Å². The Bertz CT molecular complexity index is 1920. The van der Waals surface area contributed by atoms with E-state index in [0.717, 1.165) is 32.7 Å². The molecule has 0 aliphatic carbocycles. The molecular weight excluding hydrogens is 684 g/mol. The number of hydrogen-bond donors (Lipinski definition) is 1. The van der Waals surface area contributed by atoms with E-state index in [2.05, 4.69) is 55.0 Å². The number of aromatic nitrogens is 2. The molecule has 6 aromatic rings. The Labute approximate surface area is 245 Å². The minimum atomic E-state index is -0.340. The molecule has 0 saturated carbocycles. The normalized spacial score (nSPS) is 11.9. The molecule has 0 spiro atoms. The molecule has 205 valence electrons. The van der Waals surface area contributed by atoms with Gasteiger partial charge in [-0.2, -0.15) is 0 Å². The zero-order valence-electron chi connectivity index (χ0n) is 22.8. The predicted octanol–water partition coefficient (Wildman–Crippen LogP) is 8.62. The van der Waals surface area contributed by atoms with E-state index in [-0.39, 0.29) is 42.9 Å². The number of pyridine rings is 2. The second kappa shape index (κ2) is 11.3. The zero-order valence-corrected chi connectivity index (χ0v) is 25.2. The third-order valence-electron chi connectivity index (χ3n) is 6.45. The molecule has 0 amide bonds. The number of rotatable bonds is 2. The van der Waals surface area contributed by atoms with Crippen LogP contribution in [0.25, 0.3) is 55.0 Å². The predicted molar refractivity (Wildman–Crippen MR) is 154 cm³/mol. The summed E-state index contributed by atoms with van der Waals surface area (Å²) in [4.78, 5) is 19.1. The summed E-state index contributed by atoms with van der Waals surface area (Å²) in [5.74, 6) is -0.403. The molecule has 5 nitrogen and oxygen atoms in total. The standard InChI is InChI=1S/C28H20FN2O.C5H8O2.Ir/c1-28(2,3)18-13-21-22(29)14-23(31-27(21)30-15-18)17-8-10-20-25(12-17)32-24-11-9-16-6-4-5-7-19(16)26(20)24;1-4(6)3-5(2)7;/h4-11,13-15H,1-3H3;3,6H,1-2H3;/q-1;;/b;4-3-;. The number of furan rings is 1. The maximum absolute atomic E-state index is 15.0. The van der Waals surface area contributed by atoms with Crippen LogP contribution in [0.3, 0.4) is 0 Å². The molecule has 0 aliphatic heterocycles.